The highest BCUT2D eigenvalue weighted by Gasteiger charge is 2.40. The van der Waals surface area contributed by atoms with Crippen molar-refractivity contribution in [2.45, 2.75) is 52.2 Å². The summed E-state index contributed by atoms with van der Waals surface area (Å²) < 4.78 is 17.9. The van der Waals surface area contributed by atoms with Gasteiger partial charge in [0, 0.05) is 46.8 Å². The van der Waals surface area contributed by atoms with Gasteiger partial charge < -0.3 is 24.2 Å². The first-order valence-corrected chi connectivity index (χ1v) is 14.1. The summed E-state index contributed by atoms with van der Waals surface area (Å²) in [5.74, 6) is -0.531. The van der Waals surface area contributed by atoms with E-state index in [0.717, 1.165) is 5.56 Å². The number of carbonyl (C=O) groups is 3. The van der Waals surface area contributed by atoms with Crippen LogP contribution in [-0.4, -0.2) is 49.6 Å². The number of hydrogen-bond donors (Lipinski definition) is 1. The minimum atomic E-state index is -1.11. The number of Topliss-reactive ketones (excluding diaryl/α,β-unsaturated/α-hetero) is 1. The lowest BCUT2D eigenvalue weighted by Gasteiger charge is -2.31. The van der Waals surface area contributed by atoms with Gasteiger partial charge >= 0.3 is 5.97 Å². The number of ketones is 1. The topological polar surface area (TPSA) is 102 Å². The number of aliphatic carboxylic acids is 1. The number of amides is 1. The van der Waals surface area contributed by atoms with E-state index in [4.69, 9.17) is 30.9 Å². The molecule has 0 fully saturated rings. The molecule has 1 N–H and O–H groups in total. The number of anilines is 1. The van der Waals surface area contributed by atoms with Gasteiger partial charge in [-0.15, -0.1) is 0 Å². The highest BCUT2D eigenvalue weighted by atomic mass is 35.5. The second kappa shape index (κ2) is 13.0. The molecule has 42 heavy (non-hydrogen) atoms. The van der Waals surface area contributed by atoms with Crippen LogP contribution in [0.1, 0.15) is 66.8 Å². The summed E-state index contributed by atoms with van der Waals surface area (Å²) in [4.78, 5) is 40.3. The largest absolute Gasteiger partial charge is 0.493 e. The highest BCUT2D eigenvalue weighted by Crippen LogP contribution is 2.45. The fraction of sp³-hybridized carbons (Fsp3) is 0.364. The normalized spacial score (nSPS) is 16.9. The van der Waals surface area contributed by atoms with Crippen molar-refractivity contribution in [2.24, 2.45) is 5.41 Å². The average molecular weight is 594 g/mol. The van der Waals surface area contributed by atoms with Crippen LogP contribution in [0.25, 0.3) is 0 Å². The van der Waals surface area contributed by atoms with Crippen molar-refractivity contribution in [3.8, 4) is 11.5 Å². The Morgan fingerprint density at radius 2 is 1.71 bits per heavy atom. The highest BCUT2D eigenvalue weighted by molar-refractivity contribution is 6.30. The fourth-order valence-electron chi connectivity index (χ4n) is 5.10. The quantitative estimate of drug-likeness (QED) is 0.267. The van der Waals surface area contributed by atoms with Crippen molar-refractivity contribution in [2.75, 3.05) is 25.7 Å². The number of nitrogens with zero attached hydrogens (tertiary/aromatic N) is 1. The van der Waals surface area contributed by atoms with Gasteiger partial charge in [-0.2, -0.15) is 0 Å². The minimum Gasteiger partial charge on any atom is -0.493 e. The summed E-state index contributed by atoms with van der Waals surface area (Å²) >= 11 is 6.48. The van der Waals surface area contributed by atoms with Crippen molar-refractivity contribution in [1.29, 1.82) is 0 Å². The number of aryl methyl sites for hydroxylation is 1. The predicted octanol–water partition coefficient (Wildman–Crippen LogP) is 6.51. The van der Waals surface area contributed by atoms with E-state index >= 15 is 0 Å². The van der Waals surface area contributed by atoms with Gasteiger partial charge in [0.15, 0.2) is 17.3 Å². The Morgan fingerprint density at radius 1 is 1.00 bits per heavy atom. The van der Waals surface area contributed by atoms with Gasteiger partial charge in [0.25, 0.3) is 5.91 Å². The van der Waals surface area contributed by atoms with Gasteiger partial charge in [0.2, 0.25) is 0 Å². The lowest BCUT2D eigenvalue weighted by Crippen LogP contribution is -2.44. The molecular weight excluding hydrogens is 558 g/mol. The number of benzene rings is 3. The van der Waals surface area contributed by atoms with E-state index < -0.39 is 18.2 Å². The van der Waals surface area contributed by atoms with Gasteiger partial charge in [0.1, 0.15) is 12.2 Å². The molecule has 9 heteroatoms. The number of carbonyl (C=O) groups excluding carboxylic acids is 2. The Labute approximate surface area is 251 Å². The van der Waals surface area contributed by atoms with E-state index in [1.807, 2.05) is 39.0 Å². The molecule has 1 heterocycles. The van der Waals surface area contributed by atoms with E-state index in [2.05, 4.69) is 0 Å². The Morgan fingerprint density at radius 3 is 2.33 bits per heavy atom. The Hall–Kier alpha value is -3.88. The maximum absolute atomic E-state index is 14.2. The monoisotopic (exact) mass is 593 g/mol. The second-order valence-electron chi connectivity index (χ2n) is 11.5. The smallest absolute Gasteiger partial charge is 0.303 e. The maximum Gasteiger partial charge on any atom is 0.303 e. The van der Waals surface area contributed by atoms with E-state index in [0.29, 0.717) is 51.9 Å². The molecule has 2 atom stereocenters. The molecule has 1 aliphatic heterocycles. The van der Waals surface area contributed by atoms with Crippen LogP contribution in [0.5, 0.6) is 11.5 Å². The molecule has 0 radical (unpaired) electrons. The number of ether oxygens (including phenoxy) is 3. The maximum atomic E-state index is 14.2. The van der Waals surface area contributed by atoms with Crippen molar-refractivity contribution in [1.82, 2.24) is 0 Å². The predicted molar refractivity (Wildman–Crippen MR) is 161 cm³/mol. The molecule has 0 saturated heterocycles. The van der Waals surface area contributed by atoms with Gasteiger partial charge in [-0.1, -0.05) is 68.8 Å². The zero-order chi connectivity index (χ0) is 30.6. The van der Waals surface area contributed by atoms with Crippen molar-refractivity contribution in [3.63, 3.8) is 0 Å². The molecule has 0 aromatic heterocycles. The number of fused-ring (bicyclic) bond motifs is 1. The molecule has 0 spiro atoms. The summed E-state index contributed by atoms with van der Waals surface area (Å²) in [6, 6.07) is 17.5. The molecule has 0 aliphatic carbocycles. The zero-order valence-corrected chi connectivity index (χ0v) is 25.2. The van der Waals surface area contributed by atoms with Gasteiger partial charge in [0.05, 0.1) is 14.2 Å². The van der Waals surface area contributed by atoms with E-state index in [9.17, 15) is 14.4 Å². The summed E-state index contributed by atoms with van der Waals surface area (Å²) in [6.45, 7) is 6.50. The Bertz CT molecular complexity index is 1460. The molecule has 0 saturated carbocycles. The molecule has 1 amide bonds. The van der Waals surface area contributed by atoms with Crippen LogP contribution < -0.4 is 14.4 Å². The molecule has 8 nitrogen and oxygen atoms in total. The second-order valence-corrected chi connectivity index (χ2v) is 11.9. The molecule has 0 bridgehead atoms. The molecule has 0 unspecified atom stereocenters. The van der Waals surface area contributed by atoms with Gasteiger partial charge in [-0.25, -0.2) is 0 Å². The van der Waals surface area contributed by atoms with E-state index in [-0.39, 0.29) is 29.9 Å². The third-order valence-electron chi connectivity index (χ3n) is 7.03. The number of rotatable bonds is 10. The molecule has 1 aliphatic rings. The van der Waals surface area contributed by atoms with Crippen molar-refractivity contribution >= 4 is 34.9 Å². The number of hydrogen-bond acceptors (Lipinski definition) is 6. The van der Waals surface area contributed by atoms with Crippen molar-refractivity contribution in [3.05, 3.63) is 87.9 Å². The van der Waals surface area contributed by atoms with Crippen LogP contribution >= 0.6 is 11.6 Å². The summed E-state index contributed by atoms with van der Waals surface area (Å²) in [5.41, 5.74) is 2.90. The third kappa shape index (κ3) is 7.12. The lowest BCUT2D eigenvalue weighted by molar-refractivity contribution is -0.137. The molecule has 3 aromatic rings. The van der Waals surface area contributed by atoms with Crippen LogP contribution in [0.2, 0.25) is 5.02 Å². The van der Waals surface area contributed by atoms with E-state index in [1.54, 1.807) is 54.5 Å². The first kappa shape index (κ1) is 31.1. The van der Waals surface area contributed by atoms with Crippen LogP contribution in [-0.2, 0) is 20.7 Å². The number of methoxy groups -OCH3 is 2. The van der Waals surface area contributed by atoms with Crippen LogP contribution in [0.3, 0.4) is 0 Å². The molecule has 3 aromatic carbocycles. The van der Waals surface area contributed by atoms with Crippen LogP contribution in [0.4, 0.5) is 5.69 Å². The summed E-state index contributed by atoms with van der Waals surface area (Å²) in [7, 11) is 3.08. The number of halogens is 1. The fourth-order valence-corrected chi connectivity index (χ4v) is 5.28. The number of carboxylic acid groups (broad SMARTS) is 1. The van der Waals surface area contributed by atoms with E-state index in [1.165, 1.54) is 7.11 Å². The third-order valence-corrected chi connectivity index (χ3v) is 7.26. The minimum absolute atomic E-state index is 0.00101. The molecule has 222 valence electrons. The van der Waals surface area contributed by atoms with Gasteiger partial charge in [-0.05, 0) is 41.7 Å². The average Bonchev–Trinajstić information content (AvgIpc) is 3.05. The standard InChI is InChI=1S/C33H36ClNO7/c1-33(2,3)19-35-25-15-14-22(34)17-24(25)30(23-7-6-8-27(40-4)31(23)41-5)42-28(32(35)39)18-26(36)21-12-9-20(10-13-21)11-16-29(37)38/h6-10,12-15,17,28,30H,11,16,18-19H2,1-5H3,(H,37,38)/t28-,30-/m1/s1. The van der Waals surface area contributed by atoms with Crippen LogP contribution in [0, 0.1) is 5.41 Å². The summed E-state index contributed by atoms with van der Waals surface area (Å²) in [6.07, 6.45) is -1.74. The number of carboxylic acids is 1. The first-order valence-electron chi connectivity index (χ1n) is 13.7. The first-order chi connectivity index (χ1) is 19.9. The molecule has 4 rings (SSSR count). The Kier molecular flexibility index (Phi) is 9.59. The molecular formula is C33H36ClNO7. The van der Waals surface area contributed by atoms with Crippen LogP contribution in [0.15, 0.2) is 60.7 Å². The zero-order valence-electron chi connectivity index (χ0n) is 24.5. The SMILES string of the molecule is COc1cccc([C@H]2O[C@H](CC(=O)c3ccc(CCC(=O)O)cc3)C(=O)N(CC(C)(C)C)c3ccc(Cl)cc32)c1OC. The number of para-hydroxylation sites is 1. The van der Waals surface area contributed by atoms with Gasteiger partial charge in [-0.3, -0.25) is 14.4 Å². The lowest BCUT2D eigenvalue weighted by atomic mass is 9.94. The summed E-state index contributed by atoms with van der Waals surface area (Å²) in [5, 5.41) is 9.44. The Balaban J connectivity index is 1.78. The van der Waals surface area contributed by atoms with Crippen molar-refractivity contribution < 1.29 is 33.7 Å².